The molecule has 3 aromatic rings. The molecule has 4 aliphatic rings. The predicted octanol–water partition coefficient (Wildman–Crippen LogP) is 8.21. The fourth-order valence-electron chi connectivity index (χ4n) is 9.81. The number of hydrogen-bond donors (Lipinski definition) is 2. The number of rotatable bonds is 12. The van der Waals surface area contributed by atoms with Crippen molar-refractivity contribution < 1.29 is 19.4 Å². The number of aromatic nitrogens is 1. The molecule has 2 heterocycles. The van der Waals surface area contributed by atoms with Crippen LogP contribution < -0.4 is 14.8 Å². The minimum atomic E-state index is -1.06. The van der Waals surface area contributed by atoms with Crippen LogP contribution in [0, 0.1) is 11.8 Å². The molecular formula is C43H57ClN4O4. The Morgan fingerprint density at radius 2 is 1.87 bits per heavy atom. The molecule has 2 N–H and O–H groups in total. The van der Waals surface area contributed by atoms with Crippen LogP contribution in [0.15, 0.2) is 54.7 Å². The third kappa shape index (κ3) is 7.81. The number of aliphatic carboxylic acids is 1. The zero-order chi connectivity index (χ0) is 36.5. The van der Waals surface area contributed by atoms with Gasteiger partial charge in [0, 0.05) is 60.9 Å². The van der Waals surface area contributed by atoms with Crippen molar-refractivity contribution in [3.63, 3.8) is 0 Å². The molecule has 0 radical (unpaired) electrons. The predicted molar refractivity (Wildman–Crippen MR) is 208 cm³/mol. The molecule has 1 saturated heterocycles. The Kier molecular flexibility index (Phi) is 11.1. The lowest BCUT2D eigenvalue weighted by Crippen LogP contribution is -2.53. The Bertz CT molecular complexity index is 1720. The lowest BCUT2D eigenvalue weighted by atomic mass is 9.59. The highest BCUT2D eigenvalue weighted by molar-refractivity contribution is 6.30. The average Bonchev–Trinajstić information content (AvgIpc) is 3.40. The number of carboxylic acids is 1. The van der Waals surface area contributed by atoms with Gasteiger partial charge in [0.05, 0.1) is 6.61 Å². The van der Waals surface area contributed by atoms with Crippen molar-refractivity contribution in [2.75, 3.05) is 51.7 Å². The molecule has 1 aromatic heterocycles. The van der Waals surface area contributed by atoms with Crippen LogP contribution in [0.2, 0.25) is 5.02 Å². The molecule has 0 bridgehead atoms. The maximum atomic E-state index is 13.0. The van der Waals surface area contributed by atoms with Crippen LogP contribution in [0.1, 0.15) is 94.0 Å². The zero-order valence-corrected chi connectivity index (χ0v) is 32.3. The summed E-state index contributed by atoms with van der Waals surface area (Å²) in [6.45, 7) is 12.7. The van der Waals surface area contributed by atoms with Gasteiger partial charge >= 0.3 is 5.97 Å². The molecule has 280 valence electrons. The Morgan fingerprint density at radius 3 is 2.62 bits per heavy atom. The molecule has 1 unspecified atom stereocenters. The number of carboxylic acid groups (broad SMARTS) is 1. The van der Waals surface area contributed by atoms with Gasteiger partial charge in [0.25, 0.3) is 0 Å². The van der Waals surface area contributed by atoms with Gasteiger partial charge in [0.15, 0.2) is 0 Å². The molecule has 52 heavy (non-hydrogen) atoms. The molecule has 2 fully saturated rings. The summed E-state index contributed by atoms with van der Waals surface area (Å²) in [7, 11) is 2.19. The van der Waals surface area contributed by atoms with E-state index in [0.717, 1.165) is 82.0 Å². The van der Waals surface area contributed by atoms with Crippen molar-refractivity contribution in [3.8, 4) is 11.5 Å². The van der Waals surface area contributed by atoms with Crippen molar-refractivity contribution in [2.24, 2.45) is 11.8 Å². The largest absolute Gasteiger partial charge is 0.493 e. The maximum Gasteiger partial charge on any atom is 0.329 e. The van der Waals surface area contributed by atoms with Gasteiger partial charge in [-0.25, -0.2) is 4.79 Å². The van der Waals surface area contributed by atoms with Crippen LogP contribution in [0.3, 0.4) is 0 Å². The molecule has 0 amide bonds. The lowest BCUT2D eigenvalue weighted by molar-refractivity contribution is -0.144. The second-order valence-corrected chi connectivity index (χ2v) is 17.0. The minimum absolute atomic E-state index is 0.0707. The van der Waals surface area contributed by atoms with Crippen LogP contribution in [0.25, 0.3) is 0 Å². The minimum Gasteiger partial charge on any atom is -0.493 e. The van der Waals surface area contributed by atoms with Gasteiger partial charge in [-0.1, -0.05) is 37.6 Å². The standard InChI is InChI=1S/C43H57ClN4O4/c1-29(28-51-39-13-18-45-38-10-5-7-30(2)40(38)39)23-33-24-32-11-12-36(52-31(3)27-48-21-19-47(4)20-22-48)26-37(32)42(33)14-16-43(17-15-42,41(49)50)46-35-9-6-8-34(44)25-35/h6,8-9,11-13,18,25-26,29-31,33,46H,5,7,10,14-17,19-24,27-28H2,1-4H3,(H,49,50)/t29-,30-,31+,33?,42?,43?/m1/s1. The first-order valence-corrected chi connectivity index (χ1v) is 20.0. The molecular weight excluding hydrogens is 672 g/mol. The molecule has 2 aromatic carbocycles. The summed E-state index contributed by atoms with van der Waals surface area (Å²) in [6.07, 6.45) is 9.99. The van der Waals surface area contributed by atoms with Crippen molar-refractivity contribution in [2.45, 2.75) is 102 Å². The second kappa shape index (κ2) is 15.6. The van der Waals surface area contributed by atoms with Crippen molar-refractivity contribution in [3.05, 3.63) is 82.1 Å². The monoisotopic (exact) mass is 728 g/mol. The first-order valence-electron chi connectivity index (χ1n) is 19.6. The highest BCUT2D eigenvalue weighted by Crippen LogP contribution is 2.57. The van der Waals surface area contributed by atoms with E-state index in [4.69, 9.17) is 21.1 Å². The molecule has 9 heteroatoms. The number of nitrogens with zero attached hydrogens (tertiary/aromatic N) is 3. The van der Waals surface area contributed by atoms with Gasteiger partial charge in [-0.05, 0) is 142 Å². The summed E-state index contributed by atoms with van der Waals surface area (Å²) in [5.74, 6) is 2.28. The average molecular weight is 729 g/mol. The van der Waals surface area contributed by atoms with E-state index >= 15 is 0 Å². The van der Waals surface area contributed by atoms with Crippen LogP contribution in [-0.4, -0.2) is 83.9 Å². The van der Waals surface area contributed by atoms with E-state index in [1.165, 1.54) is 35.2 Å². The Labute approximate surface area is 315 Å². The number of nitrogens with one attached hydrogen (secondary N) is 1. The molecule has 8 nitrogen and oxygen atoms in total. The van der Waals surface area contributed by atoms with Crippen LogP contribution in [-0.2, 0) is 23.1 Å². The van der Waals surface area contributed by atoms with Crippen LogP contribution >= 0.6 is 11.6 Å². The first kappa shape index (κ1) is 37.0. The number of fused-ring (bicyclic) bond motifs is 3. The third-order valence-corrected chi connectivity index (χ3v) is 12.9. The molecule has 3 aliphatic carbocycles. The third-order valence-electron chi connectivity index (χ3n) is 12.7. The Morgan fingerprint density at radius 1 is 1.08 bits per heavy atom. The number of halogens is 1. The summed E-state index contributed by atoms with van der Waals surface area (Å²) in [5, 5.41) is 14.7. The highest BCUT2D eigenvalue weighted by atomic mass is 35.5. The number of pyridine rings is 1. The van der Waals surface area contributed by atoms with Gasteiger partial charge in [0.2, 0.25) is 0 Å². The van der Waals surface area contributed by atoms with Gasteiger partial charge < -0.3 is 24.8 Å². The number of aryl methyl sites for hydroxylation is 1. The maximum absolute atomic E-state index is 13.0. The van der Waals surface area contributed by atoms with Crippen LogP contribution in [0.4, 0.5) is 5.69 Å². The number of likely N-dealkylation sites (N-methyl/N-ethyl adjacent to an activating group) is 1. The topological polar surface area (TPSA) is 87.2 Å². The molecule has 7 rings (SSSR count). The smallest absolute Gasteiger partial charge is 0.329 e. The summed E-state index contributed by atoms with van der Waals surface area (Å²) in [5.41, 5.74) is 4.78. The van der Waals surface area contributed by atoms with Crippen molar-refractivity contribution in [1.29, 1.82) is 0 Å². The molecule has 1 saturated carbocycles. The van der Waals surface area contributed by atoms with E-state index in [1.54, 1.807) is 0 Å². The van der Waals surface area contributed by atoms with Gasteiger partial charge in [-0.2, -0.15) is 0 Å². The number of anilines is 1. The molecule has 1 aliphatic heterocycles. The quantitative estimate of drug-likeness (QED) is 0.193. The fraction of sp³-hybridized carbons (Fsp3) is 0.581. The summed E-state index contributed by atoms with van der Waals surface area (Å²) < 4.78 is 13.2. The second-order valence-electron chi connectivity index (χ2n) is 16.5. The number of carbonyl (C=O) groups is 1. The van der Waals surface area contributed by atoms with Crippen LogP contribution in [0.5, 0.6) is 11.5 Å². The van der Waals surface area contributed by atoms with Gasteiger partial charge in [0.1, 0.15) is 23.1 Å². The number of ether oxygens (including phenoxy) is 2. The van der Waals surface area contributed by atoms with E-state index in [2.05, 4.69) is 66.1 Å². The fourth-order valence-corrected chi connectivity index (χ4v) is 10.0. The van der Waals surface area contributed by atoms with E-state index in [9.17, 15) is 9.90 Å². The number of benzene rings is 2. The molecule has 1 spiro atoms. The SMILES string of the molecule is C[C@@H](COc1ccnc2c1[C@H](C)CCC2)CC1Cc2ccc(O[C@@H](C)CN3CCN(C)CC3)cc2C12CCC(Nc1cccc(Cl)c1)(C(=O)O)CC2. The van der Waals surface area contributed by atoms with Gasteiger partial charge in [-0.3, -0.25) is 9.88 Å². The van der Waals surface area contributed by atoms with Crippen molar-refractivity contribution in [1.82, 2.24) is 14.8 Å². The normalized spacial score (nSPS) is 27.4. The summed E-state index contributed by atoms with van der Waals surface area (Å²) in [4.78, 5) is 22.6. The summed E-state index contributed by atoms with van der Waals surface area (Å²) in [6, 6.07) is 16.2. The summed E-state index contributed by atoms with van der Waals surface area (Å²) >= 11 is 6.31. The van der Waals surface area contributed by atoms with E-state index in [0.29, 0.717) is 42.2 Å². The van der Waals surface area contributed by atoms with E-state index in [-0.39, 0.29) is 11.5 Å². The van der Waals surface area contributed by atoms with E-state index < -0.39 is 11.5 Å². The molecule has 4 atom stereocenters. The van der Waals surface area contributed by atoms with Crippen molar-refractivity contribution >= 4 is 23.3 Å². The number of hydrogen-bond acceptors (Lipinski definition) is 7. The number of piperazine rings is 1. The first-order chi connectivity index (χ1) is 25.0. The lowest BCUT2D eigenvalue weighted by Gasteiger charge is -2.47. The van der Waals surface area contributed by atoms with E-state index in [1.807, 2.05) is 36.5 Å². The Balaban J connectivity index is 1.11. The van der Waals surface area contributed by atoms with Gasteiger partial charge in [-0.15, -0.1) is 0 Å². The Hall–Kier alpha value is -3.33. The zero-order valence-electron chi connectivity index (χ0n) is 31.5. The highest BCUT2D eigenvalue weighted by Gasteiger charge is 2.54.